The number of likely N-dealkylation sites (N-methyl/N-ethyl adjacent to an activating group) is 1. The van der Waals surface area contributed by atoms with E-state index in [-0.39, 0.29) is 48.7 Å². The highest BCUT2D eigenvalue weighted by molar-refractivity contribution is 7.89. The van der Waals surface area contributed by atoms with Crippen molar-refractivity contribution in [1.82, 2.24) is 14.1 Å². The molecule has 0 radical (unpaired) electrons. The SMILES string of the molecule is C[C@H]1CN([C@@H](C)CO)C(=O)Cc2cc(NC(=O)CCCN(C)C)ccc2O[C@@H]1CN(C)S(=O)(=O)c1ccccc1. The predicted octanol–water partition coefficient (Wildman–Crippen LogP) is 2.44. The van der Waals surface area contributed by atoms with Crippen LogP contribution in [0.3, 0.4) is 0 Å². The second-order valence-corrected chi connectivity index (χ2v) is 12.8. The molecule has 0 spiro atoms. The van der Waals surface area contributed by atoms with Crippen molar-refractivity contribution in [2.24, 2.45) is 5.92 Å². The van der Waals surface area contributed by atoms with Crippen LogP contribution in [0.25, 0.3) is 0 Å². The summed E-state index contributed by atoms with van der Waals surface area (Å²) in [5.74, 6) is -0.0984. The first-order valence-electron chi connectivity index (χ1n) is 13.6. The number of nitrogens with one attached hydrogen (secondary N) is 1. The molecule has 0 saturated heterocycles. The molecular formula is C29H42N4O6S. The Morgan fingerprint density at radius 3 is 2.52 bits per heavy atom. The van der Waals surface area contributed by atoms with E-state index >= 15 is 0 Å². The number of anilines is 1. The molecule has 3 rings (SSSR count). The average molecular weight is 575 g/mol. The van der Waals surface area contributed by atoms with Crippen molar-refractivity contribution in [3.63, 3.8) is 0 Å². The van der Waals surface area contributed by atoms with E-state index < -0.39 is 22.2 Å². The lowest BCUT2D eigenvalue weighted by Gasteiger charge is -2.33. The first-order chi connectivity index (χ1) is 18.9. The van der Waals surface area contributed by atoms with E-state index in [2.05, 4.69) is 5.32 Å². The van der Waals surface area contributed by atoms with Gasteiger partial charge in [-0.05, 0) is 64.3 Å². The van der Waals surface area contributed by atoms with Crippen LogP contribution in [-0.4, -0.2) is 99.0 Å². The molecule has 0 aromatic heterocycles. The van der Waals surface area contributed by atoms with Crippen molar-refractivity contribution in [2.75, 3.05) is 52.7 Å². The highest BCUT2D eigenvalue weighted by Crippen LogP contribution is 2.30. The summed E-state index contributed by atoms with van der Waals surface area (Å²) in [6.07, 6.45) is 0.516. The van der Waals surface area contributed by atoms with E-state index in [9.17, 15) is 23.1 Å². The molecule has 2 N–H and O–H groups in total. The minimum atomic E-state index is -3.77. The number of sulfonamides is 1. The van der Waals surface area contributed by atoms with Gasteiger partial charge in [-0.25, -0.2) is 8.42 Å². The van der Waals surface area contributed by atoms with E-state index in [1.807, 2.05) is 25.9 Å². The van der Waals surface area contributed by atoms with Crippen molar-refractivity contribution < 1.29 is 27.9 Å². The summed E-state index contributed by atoms with van der Waals surface area (Å²) >= 11 is 0. The van der Waals surface area contributed by atoms with Gasteiger partial charge >= 0.3 is 0 Å². The third-order valence-corrected chi connectivity index (χ3v) is 8.94. The highest BCUT2D eigenvalue weighted by atomic mass is 32.2. The summed E-state index contributed by atoms with van der Waals surface area (Å²) in [5.41, 5.74) is 1.14. The third kappa shape index (κ3) is 8.26. The van der Waals surface area contributed by atoms with Crippen molar-refractivity contribution in [3.05, 3.63) is 54.1 Å². The topological polar surface area (TPSA) is 119 Å². The molecule has 2 aromatic carbocycles. The minimum absolute atomic E-state index is 0.0155. The number of carbonyl (C=O) groups is 2. The maximum absolute atomic E-state index is 13.4. The summed E-state index contributed by atoms with van der Waals surface area (Å²) in [6, 6.07) is 13.0. The Hall–Kier alpha value is -2.99. The van der Waals surface area contributed by atoms with Crippen LogP contribution in [0, 0.1) is 5.92 Å². The summed E-state index contributed by atoms with van der Waals surface area (Å²) in [4.78, 5) is 29.7. The zero-order chi connectivity index (χ0) is 29.4. The summed E-state index contributed by atoms with van der Waals surface area (Å²) < 4.78 is 34.2. The van der Waals surface area contributed by atoms with Crippen LogP contribution >= 0.6 is 0 Å². The Morgan fingerprint density at radius 1 is 1.18 bits per heavy atom. The zero-order valence-corrected chi connectivity index (χ0v) is 24.9. The number of benzene rings is 2. The van der Waals surface area contributed by atoms with Gasteiger partial charge < -0.3 is 25.0 Å². The highest BCUT2D eigenvalue weighted by Gasteiger charge is 2.33. The number of amides is 2. The van der Waals surface area contributed by atoms with Crippen LogP contribution in [0.2, 0.25) is 0 Å². The fourth-order valence-corrected chi connectivity index (χ4v) is 5.83. The first kappa shape index (κ1) is 31.5. The molecule has 1 aliphatic rings. The van der Waals surface area contributed by atoms with E-state index in [1.54, 1.807) is 60.4 Å². The fourth-order valence-electron chi connectivity index (χ4n) is 4.63. The van der Waals surface area contributed by atoms with Gasteiger partial charge in [0, 0.05) is 37.2 Å². The predicted molar refractivity (Wildman–Crippen MR) is 155 cm³/mol. The number of fused-ring (bicyclic) bond motifs is 1. The second-order valence-electron chi connectivity index (χ2n) is 10.8. The molecule has 0 fully saturated rings. The zero-order valence-electron chi connectivity index (χ0n) is 24.0. The Kier molecular flexibility index (Phi) is 11.1. The second kappa shape index (κ2) is 14.1. The Balaban J connectivity index is 1.90. The first-order valence-corrected chi connectivity index (χ1v) is 15.0. The van der Waals surface area contributed by atoms with Crippen molar-refractivity contribution in [3.8, 4) is 5.75 Å². The Bertz CT molecular complexity index is 1250. The largest absolute Gasteiger partial charge is 0.488 e. The molecular weight excluding hydrogens is 532 g/mol. The standard InChI is InChI=1S/C29H42N4O6S/c1-21-18-33(22(2)20-34)29(36)17-23-16-24(30-28(35)12-9-15-31(3)4)13-14-26(23)39-27(21)19-32(5)40(37,38)25-10-7-6-8-11-25/h6-8,10-11,13-14,16,21-22,27,34H,9,12,15,17-20H2,1-5H3,(H,30,35)/t21-,22-,27+/m0/s1. The Morgan fingerprint density at radius 2 is 1.88 bits per heavy atom. The number of hydrogen-bond donors (Lipinski definition) is 2. The normalized spacial score (nSPS) is 18.9. The van der Waals surface area contributed by atoms with Gasteiger partial charge in [0.05, 0.1) is 30.5 Å². The third-order valence-electron chi connectivity index (χ3n) is 7.10. The lowest BCUT2D eigenvalue weighted by atomic mass is 10.0. The van der Waals surface area contributed by atoms with Crippen molar-refractivity contribution in [1.29, 1.82) is 0 Å². The molecule has 1 aliphatic heterocycles. The van der Waals surface area contributed by atoms with Crippen LogP contribution < -0.4 is 10.1 Å². The number of carbonyl (C=O) groups excluding carboxylic acids is 2. The molecule has 0 unspecified atom stereocenters. The van der Waals surface area contributed by atoms with Crippen molar-refractivity contribution >= 4 is 27.5 Å². The maximum Gasteiger partial charge on any atom is 0.242 e. The van der Waals surface area contributed by atoms with Crippen LogP contribution in [0.1, 0.15) is 32.3 Å². The fraction of sp³-hybridized carbons (Fsp3) is 0.517. The molecule has 0 bridgehead atoms. The van der Waals surface area contributed by atoms with Gasteiger partial charge in [0.2, 0.25) is 21.8 Å². The van der Waals surface area contributed by atoms with Crippen LogP contribution in [0.4, 0.5) is 5.69 Å². The number of aliphatic hydroxyl groups is 1. The number of rotatable bonds is 11. The number of ether oxygens (including phenoxy) is 1. The monoisotopic (exact) mass is 574 g/mol. The lowest BCUT2D eigenvalue weighted by molar-refractivity contribution is -0.134. The minimum Gasteiger partial charge on any atom is -0.488 e. The van der Waals surface area contributed by atoms with Gasteiger partial charge in [0.15, 0.2) is 0 Å². The molecule has 0 saturated carbocycles. The van der Waals surface area contributed by atoms with E-state index in [4.69, 9.17) is 4.74 Å². The smallest absolute Gasteiger partial charge is 0.242 e. The Labute approximate surface area is 238 Å². The molecule has 0 aliphatic carbocycles. The number of nitrogens with zero attached hydrogens (tertiary/aromatic N) is 3. The molecule has 11 heteroatoms. The lowest BCUT2D eigenvalue weighted by Crippen LogP contribution is -2.48. The maximum atomic E-state index is 13.4. The van der Waals surface area contributed by atoms with Gasteiger partial charge in [-0.1, -0.05) is 25.1 Å². The molecule has 40 heavy (non-hydrogen) atoms. The van der Waals surface area contributed by atoms with Gasteiger partial charge in [0.25, 0.3) is 0 Å². The molecule has 2 amide bonds. The number of aliphatic hydroxyl groups excluding tert-OH is 1. The van der Waals surface area contributed by atoms with E-state index in [1.165, 1.54) is 11.4 Å². The van der Waals surface area contributed by atoms with Crippen molar-refractivity contribution in [2.45, 2.75) is 50.2 Å². The summed E-state index contributed by atoms with van der Waals surface area (Å²) in [5, 5.41) is 12.8. The number of hydrogen-bond acceptors (Lipinski definition) is 7. The molecule has 220 valence electrons. The van der Waals surface area contributed by atoms with Gasteiger partial charge in [0.1, 0.15) is 11.9 Å². The molecule has 3 atom stereocenters. The van der Waals surface area contributed by atoms with Gasteiger partial charge in [-0.2, -0.15) is 4.31 Å². The van der Waals surface area contributed by atoms with Crippen LogP contribution in [0.15, 0.2) is 53.4 Å². The van der Waals surface area contributed by atoms with Gasteiger partial charge in [-0.3, -0.25) is 9.59 Å². The molecule has 10 nitrogen and oxygen atoms in total. The van der Waals surface area contributed by atoms with Crippen LogP contribution in [0.5, 0.6) is 5.75 Å². The van der Waals surface area contributed by atoms with E-state index in [0.717, 1.165) is 13.0 Å². The quantitative estimate of drug-likeness (QED) is 0.423. The summed E-state index contributed by atoms with van der Waals surface area (Å²) in [7, 11) is 1.66. The summed E-state index contributed by atoms with van der Waals surface area (Å²) in [6.45, 7) is 4.61. The van der Waals surface area contributed by atoms with Crippen LogP contribution in [-0.2, 0) is 26.0 Å². The molecule has 1 heterocycles. The average Bonchev–Trinajstić information content (AvgIpc) is 2.96. The molecule has 2 aromatic rings. The van der Waals surface area contributed by atoms with E-state index in [0.29, 0.717) is 23.4 Å². The van der Waals surface area contributed by atoms with Gasteiger partial charge in [-0.15, -0.1) is 0 Å².